The fourth-order valence-electron chi connectivity index (χ4n) is 2.19. The summed E-state index contributed by atoms with van der Waals surface area (Å²) in [6, 6.07) is 7.30. The second kappa shape index (κ2) is 5.76. The molecular formula is C14H13N7O2. The maximum atomic E-state index is 11.9. The van der Waals surface area contributed by atoms with Gasteiger partial charge in [-0.2, -0.15) is 10.5 Å². The minimum Gasteiger partial charge on any atom is -0.479 e. The Morgan fingerprint density at radius 3 is 3.09 bits per heavy atom. The molecule has 2 aromatic rings. The summed E-state index contributed by atoms with van der Waals surface area (Å²) in [5.74, 6) is 0.700. The summed E-state index contributed by atoms with van der Waals surface area (Å²) in [6.07, 6.45) is 0.945. The van der Waals surface area contributed by atoms with Crippen molar-refractivity contribution >= 4 is 22.9 Å². The standard InChI is InChI=1S/C14H13N7O2/c1-8-14(22)21(2)11-4-3-10(5-12(11)23-8)16-7-9(6-15)13-17-19-20-18-13/h3-5,7-8,16H,1-2H3,(H,17,18,19,20). The largest absolute Gasteiger partial charge is 0.479 e. The summed E-state index contributed by atoms with van der Waals surface area (Å²) in [4.78, 5) is 13.4. The van der Waals surface area contributed by atoms with Crippen molar-refractivity contribution < 1.29 is 9.53 Å². The lowest BCUT2D eigenvalue weighted by molar-refractivity contribution is -0.125. The molecule has 1 amide bonds. The van der Waals surface area contributed by atoms with Gasteiger partial charge in [0.25, 0.3) is 5.91 Å². The van der Waals surface area contributed by atoms with Crippen LogP contribution in [0, 0.1) is 11.3 Å². The van der Waals surface area contributed by atoms with E-state index >= 15 is 0 Å². The first-order chi connectivity index (χ1) is 11.1. The second-order valence-corrected chi connectivity index (χ2v) is 4.89. The summed E-state index contributed by atoms with van der Waals surface area (Å²) in [6.45, 7) is 1.70. The lowest BCUT2D eigenvalue weighted by Crippen LogP contribution is -2.41. The zero-order chi connectivity index (χ0) is 16.4. The highest BCUT2D eigenvalue weighted by molar-refractivity contribution is 5.99. The van der Waals surface area contributed by atoms with Gasteiger partial charge < -0.3 is 15.0 Å². The quantitative estimate of drug-likeness (QED) is 0.809. The van der Waals surface area contributed by atoms with Crippen molar-refractivity contribution in [2.75, 3.05) is 17.3 Å². The number of anilines is 2. The van der Waals surface area contributed by atoms with E-state index < -0.39 is 6.10 Å². The molecular weight excluding hydrogens is 298 g/mol. The van der Waals surface area contributed by atoms with Crippen LogP contribution in [0.1, 0.15) is 12.7 Å². The molecule has 0 saturated carbocycles. The average molecular weight is 311 g/mol. The lowest BCUT2D eigenvalue weighted by Gasteiger charge is -2.30. The number of nitrogens with one attached hydrogen (secondary N) is 2. The first kappa shape index (κ1) is 14.5. The van der Waals surface area contributed by atoms with Gasteiger partial charge in [0.05, 0.1) is 5.69 Å². The summed E-state index contributed by atoms with van der Waals surface area (Å²) >= 11 is 0. The van der Waals surface area contributed by atoms with Gasteiger partial charge in [-0.15, -0.1) is 10.2 Å². The highest BCUT2D eigenvalue weighted by Crippen LogP contribution is 2.35. The smallest absolute Gasteiger partial charge is 0.267 e. The molecule has 0 saturated heterocycles. The highest BCUT2D eigenvalue weighted by Gasteiger charge is 2.28. The van der Waals surface area contributed by atoms with Gasteiger partial charge in [-0.25, -0.2) is 0 Å². The van der Waals surface area contributed by atoms with E-state index in [0.717, 1.165) is 0 Å². The molecule has 1 unspecified atom stereocenters. The average Bonchev–Trinajstić information content (AvgIpc) is 3.07. The Morgan fingerprint density at radius 2 is 2.39 bits per heavy atom. The number of ether oxygens (including phenoxy) is 1. The Hall–Kier alpha value is -3.41. The number of hydrogen-bond acceptors (Lipinski definition) is 7. The number of hydrogen-bond donors (Lipinski definition) is 2. The van der Waals surface area contributed by atoms with E-state index in [-0.39, 0.29) is 17.3 Å². The molecule has 0 fully saturated rings. The first-order valence-corrected chi connectivity index (χ1v) is 6.79. The van der Waals surface area contributed by atoms with E-state index in [9.17, 15) is 4.79 Å². The van der Waals surface area contributed by atoms with E-state index in [1.807, 2.05) is 6.07 Å². The van der Waals surface area contributed by atoms with Crippen LogP contribution in [0.4, 0.5) is 11.4 Å². The van der Waals surface area contributed by atoms with Crippen LogP contribution >= 0.6 is 0 Å². The minimum atomic E-state index is -0.535. The van der Waals surface area contributed by atoms with Crippen molar-refractivity contribution in [2.24, 2.45) is 0 Å². The molecule has 23 heavy (non-hydrogen) atoms. The predicted octanol–water partition coefficient (Wildman–Crippen LogP) is 0.920. The molecule has 0 radical (unpaired) electrons. The predicted molar refractivity (Wildman–Crippen MR) is 81.3 cm³/mol. The number of likely N-dealkylation sites (N-methyl/N-ethyl adjacent to an activating group) is 1. The van der Waals surface area contributed by atoms with E-state index in [1.165, 1.54) is 6.20 Å². The summed E-state index contributed by atoms with van der Waals surface area (Å²) in [7, 11) is 1.71. The number of carbonyl (C=O) groups is 1. The molecule has 2 N–H and O–H groups in total. The van der Waals surface area contributed by atoms with Gasteiger partial charge in [0.15, 0.2) is 6.10 Å². The van der Waals surface area contributed by atoms with Crippen molar-refractivity contribution in [3.05, 3.63) is 30.2 Å². The third-order valence-corrected chi connectivity index (χ3v) is 3.39. The third-order valence-electron chi connectivity index (χ3n) is 3.39. The zero-order valence-corrected chi connectivity index (χ0v) is 12.4. The molecule has 9 heteroatoms. The van der Waals surface area contributed by atoms with Gasteiger partial charge in [0.1, 0.15) is 17.4 Å². The van der Waals surface area contributed by atoms with Crippen LogP contribution in [0.3, 0.4) is 0 Å². The van der Waals surface area contributed by atoms with E-state index in [1.54, 1.807) is 37.1 Å². The molecule has 1 aliphatic heterocycles. The lowest BCUT2D eigenvalue weighted by atomic mass is 10.2. The number of rotatable bonds is 3. The Labute approximate surface area is 131 Å². The number of fused-ring (bicyclic) bond motifs is 1. The molecule has 1 aromatic carbocycles. The van der Waals surface area contributed by atoms with Crippen molar-refractivity contribution in [3.63, 3.8) is 0 Å². The molecule has 1 aromatic heterocycles. The van der Waals surface area contributed by atoms with E-state index in [2.05, 4.69) is 25.9 Å². The molecule has 9 nitrogen and oxygen atoms in total. The van der Waals surface area contributed by atoms with Gasteiger partial charge in [0.2, 0.25) is 5.82 Å². The second-order valence-electron chi connectivity index (χ2n) is 4.89. The fraction of sp³-hybridized carbons (Fsp3) is 0.214. The number of nitrogens with zero attached hydrogens (tertiary/aromatic N) is 5. The number of aromatic nitrogens is 4. The van der Waals surface area contributed by atoms with Crippen molar-refractivity contribution in [1.29, 1.82) is 5.26 Å². The normalized spacial score (nSPS) is 17.3. The number of benzene rings is 1. The number of tetrazole rings is 1. The Bertz CT molecular complexity index is 807. The summed E-state index contributed by atoms with van der Waals surface area (Å²) in [5.41, 5.74) is 1.63. The molecule has 0 bridgehead atoms. The van der Waals surface area contributed by atoms with Gasteiger partial charge in [-0.3, -0.25) is 4.79 Å². The van der Waals surface area contributed by atoms with Gasteiger partial charge in [-0.05, 0) is 24.3 Å². The molecule has 0 aliphatic carbocycles. The van der Waals surface area contributed by atoms with Crippen LogP contribution in [-0.2, 0) is 4.79 Å². The van der Waals surface area contributed by atoms with Gasteiger partial charge in [0, 0.05) is 25.0 Å². The van der Waals surface area contributed by atoms with Gasteiger partial charge in [-0.1, -0.05) is 0 Å². The number of amides is 1. The van der Waals surface area contributed by atoms with Crippen molar-refractivity contribution in [2.45, 2.75) is 13.0 Å². The molecule has 3 rings (SSSR count). The van der Waals surface area contributed by atoms with Gasteiger partial charge >= 0.3 is 0 Å². The monoisotopic (exact) mass is 311 g/mol. The first-order valence-electron chi connectivity index (χ1n) is 6.79. The molecule has 2 heterocycles. The fourth-order valence-corrected chi connectivity index (χ4v) is 2.19. The van der Waals surface area contributed by atoms with Crippen molar-refractivity contribution in [3.8, 4) is 11.8 Å². The molecule has 1 aliphatic rings. The Morgan fingerprint density at radius 1 is 1.57 bits per heavy atom. The van der Waals surface area contributed by atoms with Crippen LogP contribution in [0.2, 0.25) is 0 Å². The van der Waals surface area contributed by atoms with Crippen LogP contribution in [0.5, 0.6) is 5.75 Å². The Balaban J connectivity index is 1.85. The number of allylic oxidation sites excluding steroid dienone is 1. The van der Waals surface area contributed by atoms with Crippen LogP contribution in [0.15, 0.2) is 24.4 Å². The SMILES string of the molecule is CC1Oc2cc(NC=C(C#N)c3nn[nH]n3)ccc2N(C)C1=O. The van der Waals surface area contributed by atoms with E-state index in [0.29, 0.717) is 17.1 Å². The third kappa shape index (κ3) is 2.69. The topological polar surface area (TPSA) is 120 Å². The van der Waals surface area contributed by atoms with Crippen LogP contribution in [0.25, 0.3) is 5.57 Å². The minimum absolute atomic E-state index is 0.0954. The Kier molecular flexibility index (Phi) is 3.64. The number of aromatic amines is 1. The number of H-pyrrole nitrogens is 1. The maximum absolute atomic E-state index is 11.9. The van der Waals surface area contributed by atoms with Crippen molar-refractivity contribution in [1.82, 2.24) is 20.6 Å². The maximum Gasteiger partial charge on any atom is 0.267 e. The molecule has 1 atom stereocenters. The summed E-state index contributed by atoms with van der Waals surface area (Å²) < 4.78 is 5.60. The zero-order valence-electron chi connectivity index (χ0n) is 12.4. The highest BCUT2D eigenvalue weighted by atomic mass is 16.5. The number of nitriles is 1. The van der Waals surface area contributed by atoms with E-state index in [4.69, 9.17) is 10.00 Å². The van der Waals surface area contributed by atoms with Crippen LogP contribution < -0.4 is 15.0 Å². The molecule has 0 spiro atoms. The molecule has 116 valence electrons. The number of carbonyl (C=O) groups excluding carboxylic acids is 1. The summed E-state index contributed by atoms with van der Waals surface area (Å²) in [5, 5.41) is 25.3. The van der Waals surface area contributed by atoms with Crippen LogP contribution in [-0.4, -0.2) is 39.7 Å².